The first-order valence-electron chi connectivity index (χ1n) is 5.46. The van der Waals surface area contributed by atoms with Gasteiger partial charge in [0.25, 0.3) is 0 Å². The van der Waals surface area contributed by atoms with Crippen molar-refractivity contribution >= 4 is 0 Å². The summed E-state index contributed by atoms with van der Waals surface area (Å²) < 4.78 is 0. The van der Waals surface area contributed by atoms with Crippen molar-refractivity contribution < 1.29 is 0 Å². The van der Waals surface area contributed by atoms with Gasteiger partial charge in [0.1, 0.15) is 0 Å². The van der Waals surface area contributed by atoms with E-state index in [1.54, 1.807) is 16.7 Å². The van der Waals surface area contributed by atoms with E-state index in [0.29, 0.717) is 0 Å². The van der Waals surface area contributed by atoms with Gasteiger partial charge in [-0.05, 0) is 62.2 Å². The molecule has 70 valence electrons. The predicted octanol–water partition coefficient (Wildman–Crippen LogP) is 4.15. The third-order valence-corrected chi connectivity index (χ3v) is 3.15. The van der Waals surface area contributed by atoms with Crippen LogP contribution in [0.3, 0.4) is 0 Å². The quantitative estimate of drug-likeness (QED) is 0.517. The Hall–Kier alpha value is -0.780. The van der Waals surface area contributed by atoms with E-state index in [1.165, 1.54) is 38.5 Å². The summed E-state index contributed by atoms with van der Waals surface area (Å²) in [6.45, 7) is 2.18. The molecule has 0 bridgehead atoms. The van der Waals surface area contributed by atoms with Gasteiger partial charge in [0.15, 0.2) is 0 Å². The topological polar surface area (TPSA) is 0 Å². The van der Waals surface area contributed by atoms with Gasteiger partial charge in [-0.25, -0.2) is 0 Å². The molecule has 0 radical (unpaired) electrons. The fraction of sp³-hybridized carbons (Fsp3) is 0.538. The van der Waals surface area contributed by atoms with Crippen LogP contribution >= 0.6 is 0 Å². The highest BCUT2D eigenvalue weighted by molar-refractivity contribution is 5.43. The van der Waals surface area contributed by atoms with Crippen LogP contribution in [0.5, 0.6) is 0 Å². The molecule has 0 nitrogen and oxygen atoms in total. The van der Waals surface area contributed by atoms with E-state index in [-0.39, 0.29) is 0 Å². The molecule has 0 aromatic carbocycles. The lowest BCUT2D eigenvalue weighted by atomic mass is 9.90. The van der Waals surface area contributed by atoms with Crippen molar-refractivity contribution in [3.8, 4) is 0 Å². The SMILES string of the molecule is C/C=C1/CCCCC2=C1CCC=C2. The molecule has 13 heavy (non-hydrogen) atoms. The number of allylic oxidation sites excluding steroid dienone is 6. The summed E-state index contributed by atoms with van der Waals surface area (Å²) in [6.07, 6.45) is 14.9. The summed E-state index contributed by atoms with van der Waals surface area (Å²) in [5.74, 6) is 0. The van der Waals surface area contributed by atoms with Gasteiger partial charge < -0.3 is 0 Å². The molecular formula is C13H18. The van der Waals surface area contributed by atoms with Crippen LogP contribution in [0.15, 0.2) is 34.9 Å². The average molecular weight is 174 g/mol. The summed E-state index contributed by atoms with van der Waals surface area (Å²) in [6, 6.07) is 0. The first-order chi connectivity index (χ1) is 6.42. The molecular weight excluding hydrogens is 156 g/mol. The molecule has 0 unspecified atom stereocenters. The third kappa shape index (κ3) is 1.77. The molecule has 0 aromatic heterocycles. The maximum atomic E-state index is 2.35. The van der Waals surface area contributed by atoms with Crippen LogP contribution in [0.25, 0.3) is 0 Å². The Morgan fingerprint density at radius 2 is 2.00 bits per heavy atom. The minimum atomic E-state index is 1.25. The van der Waals surface area contributed by atoms with Crippen LogP contribution < -0.4 is 0 Å². The highest BCUT2D eigenvalue weighted by atomic mass is 14.2. The zero-order chi connectivity index (χ0) is 9.10. The van der Waals surface area contributed by atoms with E-state index in [2.05, 4.69) is 25.2 Å². The molecule has 0 saturated heterocycles. The highest BCUT2D eigenvalue weighted by Gasteiger charge is 2.14. The van der Waals surface area contributed by atoms with Crippen LogP contribution in [0, 0.1) is 0 Å². The van der Waals surface area contributed by atoms with Crippen molar-refractivity contribution in [2.45, 2.75) is 45.4 Å². The first kappa shape index (κ1) is 8.80. The smallest absolute Gasteiger partial charge is 0.0239 e. The van der Waals surface area contributed by atoms with Gasteiger partial charge in [0.2, 0.25) is 0 Å². The standard InChI is InChI=1S/C13H18/c1-2-11-7-3-4-8-12-9-5-6-10-13(11)12/h2,5,9H,3-4,6-8,10H2,1H3/b11-2-. The third-order valence-electron chi connectivity index (χ3n) is 3.15. The zero-order valence-corrected chi connectivity index (χ0v) is 8.47. The van der Waals surface area contributed by atoms with E-state index in [9.17, 15) is 0 Å². The molecule has 0 heterocycles. The molecule has 0 heteroatoms. The van der Waals surface area contributed by atoms with E-state index in [0.717, 1.165) is 0 Å². The molecule has 0 saturated carbocycles. The molecule has 0 amide bonds. The Labute approximate surface area is 81.0 Å². The van der Waals surface area contributed by atoms with E-state index in [4.69, 9.17) is 0 Å². The molecule has 2 aliphatic rings. The summed E-state index contributed by atoms with van der Waals surface area (Å²) in [4.78, 5) is 0. The Morgan fingerprint density at radius 3 is 2.85 bits per heavy atom. The second-order valence-corrected chi connectivity index (χ2v) is 3.97. The van der Waals surface area contributed by atoms with Crippen LogP contribution in [-0.2, 0) is 0 Å². The van der Waals surface area contributed by atoms with E-state index >= 15 is 0 Å². The Bertz CT molecular complexity index is 276. The molecule has 0 aromatic rings. The Kier molecular flexibility index (Phi) is 2.68. The van der Waals surface area contributed by atoms with Crippen molar-refractivity contribution in [3.63, 3.8) is 0 Å². The van der Waals surface area contributed by atoms with E-state index < -0.39 is 0 Å². The summed E-state index contributed by atoms with van der Waals surface area (Å²) in [5, 5.41) is 0. The van der Waals surface area contributed by atoms with E-state index in [1.807, 2.05) is 0 Å². The van der Waals surface area contributed by atoms with Gasteiger partial charge >= 0.3 is 0 Å². The Morgan fingerprint density at radius 1 is 1.15 bits per heavy atom. The minimum absolute atomic E-state index is 1.25. The maximum absolute atomic E-state index is 2.35. The average Bonchev–Trinajstić information content (AvgIpc) is 2.39. The predicted molar refractivity (Wildman–Crippen MR) is 57.6 cm³/mol. The summed E-state index contributed by atoms with van der Waals surface area (Å²) in [7, 11) is 0. The van der Waals surface area contributed by atoms with Gasteiger partial charge in [0.05, 0.1) is 0 Å². The normalized spacial score (nSPS) is 26.1. The van der Waals surface area contributed by atoms with Gasteiger partial charge in [-0.1, -0.05) is 18.2 Å². The number of hydrogen-bond acceptors (Lipinski definition) is 0. The van der Waals surface area contributed by atoms with Crippen molar-refractivity contribution in [1.82, 2.24) is 0 Å². The summed E-state index contributed by atoms with van der Waals surface area (Å²) >= 11 is 0. The van der Waals surface area contributed by atoms with Crippen LogP contribution in [0.1, 0.15) is 45.4 Å². The molecule has 0 atom stereocenters. The maximum Gasteiger partial charge on any atom is -0.0239 e. The minimum Gasteiger partial charge on any atom is -0.0842 e. The molecule has 2 aliphatic carbocycles. The molecule has 0 N–H and O–H groups in total. The molecule has 0 fully saturated rings. The monoisotopic (exact) mass is 174 g/mol. The molecule has 2 rings (SSSR count). The number of hydrogen-bond donors (Lipinski definition) is 0. The molecule has 0 aliphatic heterocycles. The van der Waals surface area contributed by atoms with Crippen LogP contribution in [0.2, 0.25) is 0 Å². The van der Waals surface area contributed by atoms with Gasteiger partial charge in [-0.2, -0.15) is 0 Å². The molecule has 0 spiro atoms. The first-order valence-corrected chi connectivity index (χ1v) is 5.46. The van der Waals surface area contributed by atoms with Gasteiger partial charge in [-0.15, -0.1) is 0 Å². The lowest BCUT2D eigenvalue weighted by molar-refractivity contribution is 0.756. The largest absolute Gasteiger partial charge is 0.0842 e. The highest BCUT2D eigenvalue weighted by Crippen LogP contribution is 2.34. The fourth-order valence-electron chi connectivity index (χ4n) is 2.42. The van der Waals surface area contributed by atoms with Crippen LogP contribution in [-0.4, -0.2) is 0 Å². The second kappa shape index (κ2) is 3.95. The zero-order valence-electron chi connectivity index (χ0n) is 8.47. The summed E-state index contributed by atoms with van der Waals surface area (Å²) in [5.41, 5.74) is 4.91. The van der Waals surface area contributed by atoms with Crippen molar-refractivity contribution in [2.24, 2.45) is 0 Å². The van der Waals surface area contributed by atoms with Crippen LogP contribution in [0.4, 0.5) is 0 Å². The van der Waals surface area contributed by atoms with Crippen molar-refractivity contribution in [2.75, 3.05) is 0 Å². The lowest BCUT2D eigenvalue weighted by Gasteiger charge is -2.15. The van der Waals surface area contributed by atoms with Crippen molar-refractivity contribution in [3.05, 3.63) is 34.9 Å². The van der Waals surface area contributed by atoms with Gasteiger partial charge in [0, 0.05) is 0 Å². The number of rotatable bonds is 0. The van der Waals surface area contributed by atoms with Crippen molar-refractivity contribution in [1.29, 1.82) is 0 Å². The fourth-order valence-corrected chi connectivity index (χ4v) is 2.42. The lowest BCUT2D eigenvalue weighted by Crippen LogP contribution is -1.96. The Balaban J connectivity index is 2.35. The van der Waals surface area contributed by atoms with Gasteiger partial charge in [-0.3, -0.25) is 0 Å². The second-order valence-electron chi connectivity index (χ2n) is 3.97.